The van der Waals surface area contributed by atoms with E-state index in [2.05, 4.69) is 112 Å². The Labute approximate surface area is 326 Å². The molecule has 0 amide bonds. The Morgan fingerprint density at radius 2 is 0.444 bits per heavy atom. The first-order valence-electron chi connectivity index (χ1n) is 18.8. The summed E-state index contributed by atoms with van der Waals surface area (Å²) in [6.07, 6.45) is 1.73. The quantitative estimate of drug-likeness (QED) is 0.170. The van der Waals surface area contributed by atoms with E-state index in [1.165, 1.54) is 66.8 Å². The van der Waals surface area contributed by atoms with Crippen molar-refractivity contribution in [2.24, 2.45) is 0 Å². The molecule has 284 valence electrons. The molecule has 0 aliphatic carbocycles. The summed E-state index contributed by atoms with van der Waals surface area (Å²) in [5, 5.41) is 28.4. The topological polar surface area (TPSA) is 60.7 Å². The molecule has 0 saturated carbocycles. The van der Waals surface area contributed by atoms with E-state index in [1.807, 2.05) is 57.2 Å². The third kappa shape index (κ3) is 13.0. The van der Waals surface area contributed by atoms with Crippen LogP contribution >= 0.6 is 0 Å². The molecule has 6 aromatic carbocycles. The van der Waals surface area contributed by atoms with Crippen LogP contribution in [0, 0.1) is 90.0 Å². The van der Waals surface area contributed by atoms with E-state index in [9.17, 15) is 15.3 Å². The summed E-state index contributed by atoms with van der Waals surface area (Å²) in [4.78, 5) is 0. The van der Waals surface area contributed by atoms with Crippen LogP contribution in [0.1, 0.15) is 94.6 Å². The molecular weight excluding hydrogens is 661 g/mol. The number of aryl methyl sites for hydroxylation is 13. The average molecular weight is 723 g/mol. The van der Waals surface area contributed by atoms with Crippen LogP contribution in [0.3, 0.4) is 0 Å². The van der Waals surface area contributed by atoms with Crippen LogP contribution in [-0.2, 0) is 12.8 Å². The molecule has 0 aromatic heterocycles. The molecule has 0 atom stereocenters. The zero-order chi connectivity index (χ0) is 40.3. The minimum absolute atomic E-state index is 0.329. The van der Waals surface area contributed by atoms with E-state index in [0.29, 0.717) is 17.2 Å². The highest BCUT2D eigenvalue weighted by atomic mass is 16.3. The number of aromatic hydroxyl groups is 3. The first kappa shape index (κ1) is 43.1. The van der Waals surface area contributed by atoms with Crippen molar-refractivity contribution in [3.63, 3.8) is 0 Å². The molecule has 0 bridgehead atoms. The molecule has 0 saturated heterocycles. The molecule has 54 heavy (non-hydrogen) atoms. The zero-order valence-corrected chi connectivity index (χ0v) is 35.0. The van der Waals surface area contributed by atoms with Crippen LogP contribution in [0.15, 0.2) is 97.1 Å². The van der Waals surface area contributed by atoms with E-state index in [-0.39, 0.29) is 0 Å². The van der Waals surface area contributed by atoms with Crippen molar-refractivity contribution in [2.45, 2.75) is 103 Å². The predicted octanol–water partition coefficient (Wildman–Crippen LogP) is 13.1. The summed E-state index contributed by atoms with van der Waals surface area (Å²) in [6.45, 7) is 27.2. The molecule has 3 N–H and O–H groups in total. The zero-order valence-electron chi connectivity index (χ0n) is 35.0. The number of benzene rings is 6. The molecule has 0 aliphatic rings. The molecule has 0 unspecified atom stereocenters. The molecule has 0 fully saturated rings. The molecule has 3 nitrogen and oxygen atoms in total. The predicted molar refractivity (Wildman–Crippen MR) is 231 cm³/mol. The van der Waals surface area contributed by atoms with Crippen LogP contribution in [-0.4, -0.2) is 15.3 Å². The van der Waals surface area contributed by atoms with Crippen LogP contribution in [0.5, 0.6) is 17.2 Å². The number of phenols is 3. The Morgan fingerprint density at radius 1 is 0.241 bits per heavy atom. The lowest BCUT2D eigenvalue weighted by Crippen LogP contribution is -1.91. The van der Waals surface area contributed by atoms with Gasteiger partial charge in [-0.15, -0.1) is 0 Å². The summed E-state index contributed by atoms with van der Waals surface area (Å²) in [5.74, 6) is 1.03. The molecule has 0 spiro atoms. The number of hydrogen-bond donors (Lipinski definition) is 3. The lowest BCUT2D eigenvalue weighted by Gasteiger charge is -2.07. The van der Waals surface area contributed by atoms with Gasteiger partial charge in [0.1, 0.15) is 17.2 Å². The second-order valence-electron chi connectivity index (χ2n) is 15.2. The Bertz CT molecular complexity index is 1830. The van der Waals surface area contributed by atoms with Gasteiger partial charge in [0.05, 0.1) is 0 Å². The van der Waals surface area contributed by atoms with Crippen molar-refractivity contribution in [3.8, 4) is 17.2 Å². The van der Waals surface area contributed by atoms with Crippen LogP contribution in [0.2, 0.25) is 0 Å². The average Bonchev–Trinajstić information content (AvgIpc) is 3.10. The maximum absolute atomic E-state index is 9.49. The van der Waals surface area contributed by atoms with Crippen molar-refractivity contribution in [3.05, 3.63) is 192 Å². The first-order valence-corrected chi connectivity index (χ1v) is 18.8. The van der Waals surface area contributed by atoms with Gasteiger partial charge in [-0.25, -0.2) is 0 Å². The van der Waals surface area contributed by atoms with Gasteiger partial charge in [-0.2, -0.15) is 0 Å². The van der Waals surface area contributed by atoms with Gasteiger partial charge in [0, 0.05) is 0 Å². The monoisotopic (exact) mass is 722 g/mol. The number of hydrogen-bond acceptors (Lipinski definition) is 3. The highest BCUT2D eigenvalue weighted by Crippen LogP contribution is 2.23. The van der Waals surface area contributed by atoms with Crippen molar-refractivity contribution in [1.29, 1.82) is 0 Å². The summed E-state index contributed by atoms with van der Waals surface area (Å²) in [5.41, 5.74) is 21.4. The fourth-order valence-electron chi connectivity index (χ4n) is 6.08. The minimum atomic E-state index is 0.329. The third-order valence-electron chi connectivity index (χ3n) is 10.4. The second-order valence-corrected chi connectivity index (χ2v) is 15.2. The normalized spacial score (nSPS) is 10.3. The van der Waals surface area contributed by atoms with Gasteiger partial charge in [-0.05, 0) is 216 Å². The number of rotatable bonds is 4. The van der Waals surface area contributed by atoms with Crippen LogP contribution < -0.4 is 0 Å². The highest BCUT2D eigenvalue weighted by molar-refractivity contribution is 5.42. The fourth-order valence-corrected chi connectivity index (χ4v) is 6.08. The maximum atomic E-state index is 9.49. The lowest BCUT2D eigenvalue weighted by molar-refractivity contribution is 0.470. The molecule has 0 radical (unpaired) electrons. The van der Waals surface area contributed by atoms with Gasteiger partial charge in [0.25, 0.3) is 0 Å². The second kappa shape index (κ2) is 19.7. The standard InChI is InChI=1S/C16H18O.C15H16O2.2C10H14/c1-11-4-5-14(8-12(11)2)10-15-6-7-16(17)13(3)9-15;1-10-7-12(3-5-14(10)16)9-13-4-6-15(17)11(2)8-13;2*1-7-5-9(3)10(4)6-8(7)2/h4-9,17H,10H2,1-3H3;3-8,16-17H,9H2,1-2H3;2*5-6H,1-4H3. The lowest BCUT2D eigenvalue weighted by atomic mass is 9.99. The highest BCUT2D eigenvalue weighted by Gasteiger charge is 2.04. The van der Waals surface area contributed by atoms with Crippen molar-refractivity contribution < 1.29 is 15.3 Å². The fraction of sp³-hybridized carbons (Fsp3) is 0.294. The summed E-state index contributed by atoms with van der Waals surface area (Å²) >= 11 is 0. The summed E-state index contributed by atoms with van der Waals surface area (Å²) in [6, 6.07) is 32.6. The van der Waals surface area contributed by atoms with Gasteiger partial charge in [0.15, 0.2) is 0 Å². The van der Waals surface area contributed by atoms with E-state index in [4.69, 9.17) is 0 Å². The minimum Gasteiger partial charge on any atom is -0.508 e. The third-order valence-corrected chi connectivity index (χ3v) is 10.4. The Kier molecular flexibility index (Phi) is 15.7. The van der Waals surface area contributed by atoms with Gasteiger partial charge in [-0.1, -0.05) is 78.9 Å². The van der Waals surface area contributed by atoms with Gasteiger partial charge in [-0.3, -0.25) is 0 Å². The van der Waals surface area contributed by atoms with Crippen molar-refractivity contribution in [2.75, 3.05) is 0 Å². The van der Waals surface area contributed by atoms with Gasteiger partial charge < -0.3 is 15.3 Å². The van der Waals surface area contributed by atoms with Crippen LogP contribution in [0.4, 0.5) is 0 Å². The molecule has 0 aliphatic heterocycles. The van der Waals surface area contributed by atoms with Crippen molar-refractivity contribution in [1.82, 2.24) is 0 Å². The van der Waals surface area contributed by atoms with E-state index in [0.717, 1.165) is 40.7 Å². The smallest absolute Gasteiger partial charge is 0.118 e. The van der Waals surface area contributed by atoms with Crippen LogP contribution in [0.25, 0.3) is 0 Å². The van der Waals surface area contributed by atoms with E-state index in [1.54, 1.807) is 18.2 Å². The summed E-state index contributed by atoms with van der Waals surface area (Å²) < 4.78 is 0. The Morgan fingerprint density at radius 3 is 0.667 bits per heavy atom. The molecule has 3 heteroatoms. The van der Waals surface area contributed by atoms with E-state index >= 15 is 0 Å². The molecule has 6 rings (SSSR count). The van der Waals surface area contributed by atoms with Crippen molar-refractivity contribution >= 4 is 0 Å². The van der Waals surface area contributed by atoms with E-state index < -0.39 is 0 Å². The largest absolute Gasteiger partial charge is 0.508 e. The maximum Gasteiger partial charge on any atom is 0.118 e. The number of phenolic OH excluding ortho intramolecular Hbond substituents is 3. The molecule has 0 heterocycles. The first-order chi connectivity index (χ1) is 25.3. The SMILES string of the molecule is Cc1cc(C)c(C)cc1C.Cc1cc(C)c(C)cc1C.Cc1cc(Cc2ccc(O)c(C)c2)ccc1O.Cc1ccc(Cc2ccc(O)c(C)c2)cc1C. The van der Waals surface area contributed by atoms with Gasteiger partial charge in [0.2, 0.25) is 0 Å². The Balaban J connectivity index is 0.000000200. The van der Waals surface area contributed by atoms with Gasteiger partial charge >= 0.3 is 0 Å². The summed E-state index contributed by atoms with van der Waals surface area (Å²) in [7, 11) is 0. The molecule has 6 aromatic rings. The molecular formula is C51H62O3. The Hall–Kier alpha value is -5.28.